The molecular formula is C29H31NO7. The minimum atomic E-state index is -0.307. The van der Waals surface area contributed by atoms with Gasteiger partial charge in [0.2, 0.25) is 11.7 Å². The van der Waals surface area contributed by atoms with E-state index in [1.54, 1.807) is 66.9 Å². The van der Waals surface area contributed by atoms with Crippen LogP contribution in [0.2, 0.25) is 0 Å². The topological polar surface area (TPSA) is 84.5 Å². The van der Waals surface area contributed by atoms with E-state index in [1.807, 2.05) is 42.5 Å². The van der Waals surface area contributed by atoms with Crippen molar-refractivity contribution in [1.29, 1.82) is 0 Å². The molecule has 1 amide bonds. The van der Waals surface area contributed by atoms with E-state index in [-0.39, 0.29) is 5.91 Å². The Kier molecular flexibility index (Phi) is 9.43. The number of amides is 1. The molecule has 3 aromatic carbocycles. The van der Waals surface area contributed by atoms with Gasteiger partial charge in [0, 0.05) is 6.08 Å². The van der Waals surface area contributed by atoms with Crippen molar-refractivity contribution in [1.82, 2.24) is 0 Å². The molecule has 0 saturated carbocycles. The van der Waals surface area contributed by atoms with Gasteiger partial charge in [0.1, 0.15) is 5.75 Å². The summed E-state index contributed by atoms with van der Waals surface area (Å²) in [6, 6.07) is 14.6. The average Bonchev–Trinajstić information content (AvgIpc) is 2.94. The van der Waals surface area contributed by atoms with Crippen molar-refractivity contribution in [2.45, 2.75) is 0 Å². The molecule has 0 spiro atoms. The molecule has 3 rings (SSSR count). The molecule has 1 N–H and O–H groups in total. The van der Waals surface area contributed by atoms with Crippen LogP contribution < -0.4 is 33.7 Å². The second kappa shape index (κ2) is 12.9. The molecule has 194 valence electrons. The molecule has 0 heterocycles. The lowest BCUT2D eigenvalue weighted by atomic mass is 10.1. The zero-order chi connectivity index (χ0) is 26.8. The zero-order valence-corrected chi connectivity index (χ0v) is 21.8. The highest BCUT2D eigenvalue weighted by molar-refractivity contribution is 6.03. The summed E-state index contributed by atoms with van der Waals surface area (Å²) in [6.45, 7) is 0. The van der Waals surface area contributed by atoms with Crippen LogP contribution in [0.25, 0.3) is 18.2 Å². The van der Waals surface area contributed by atoms with Crippen molar-refractivity contribution < 1.29 is 33.2 Å². The first kappa shape index (κ1) is 27.0. The van der Waals surface area contributed by atoms with E-state index in [1.165, 1.54) is 6.08 Å². The summed E-state index contributed by atoms with van der Waals surface area (Å²) in [4.78, 5) is 12.7. The molecule has 0 aliphatic heterocycles. The van der Waals surface area contributed by atoms with Gasteiger partial charge < -0.3 is 33.7 Å². The van der Waals surface area contributed by atoms with Gasteiger partial charge in [-0.2, -0.15) is 0 Å². The van der Waals surface area contributed by atoms with E-state index in [9.17, 15) is 4.79 Å². The number of carbonyl (C=O) groups excluding carboxylic acids is 1. The minimum absolute atomic E-state index is 0.307. The first-order chi connectivity index (χ1) is 18.0. The van der Waals surface area contributed by atoms with Crippen LogP contribution in [0.4, 0.5) is 5.69 Å². The van der Waals surface area contributed by atoms with Gasteiger partial charge in [-0.15, -0.1) is 0 Å². The summed E-state index contributed by atoms with van der Waals surface area (Å²) >= 11 is 0. The monoisotopic (exact) mass is 505 g/mol. The zero-order valence-electron chi connectivity index (χ0n) is 21.8. The van der Waals surface area contributed by atoms with E-state index in [0.29, 0.717) is 40.2 Å². The summed E-state index contributed by atoms with van der Waals surface area (Å²) in [6.07, 6.45) is 6.96. The third kappa shape index (κ3) is 6.76. The normalized spacial score (nSPS) is 10.9. The third-order valence-electron chi connectivity index (χ3n) is 5.47. The molecule has 37 heavy (non-hydrogen) atoms. The van der Waals surface area contributed by atoms with Crippen LogP contribution in [0.5, 0.6) is 34.5 Å². The number of benzene rings is 3. The maximum Gasteiger partial charge on any atom is 0.248 e. The van der Waals surface area contributed by atoms with Crippen LogP contribution in [0.15, 0.2) is 54.6 Å². The van der Waals surface area contributed by atoms with Gasteiger partial charge in [0.25, 0.3) is 0 Å². The molecule has 0 atom stereocenters. The van der Waals surface area contributed by atoms with E-state index in [2.05, 4.69) is 5.32 Å². The van der Waals surface area contributed by atoms with Crippen LogP contribution in [-0.4, -0.2) is 48.6 Å². The smallest absolute Gasteiger partial charge is 0.248 e. The Bertz CT molecular complexity index is 1270. The third-order valence-corrected chi connectivity index (χ3v) is 5.47. The fourth-order valence-electron chi connectivity index (χ4n) is 3.62. The van der Waals surface area contributed by atoms with Crippen LogP contribution in [0.3, 0.4) is 0 Å². The highest BCUT2D eigenvalue weighted by Crippen LogP contribution is 2.38. The molecule has 0 aromatic heterocycles. The quantitative estimate of drug-likeness (QED) is 0.270. The van der Waals surface area contributed by atoms with Gasteiger partial charge in [-0.1, -0.05) is 24.3 Å². The van der Waals surface area contributed by atoms with Crippen LogP contribution in [-0.2, 0) is 4.79 Å². The van der Waals surface area contributed by atoms with Gasteiger partial charge in [0.15, 0.2) is 23.0 Å². The number of methoxy groups -OCH3 is 6. The standard InChI is InChI=1S/C29H31NO7/c1-32-23-12-9-19(7-8-21-17-26(35-4)29(37-6)27(18-21)36-5)15-22(23)30-28(31)14-11-20-10-13-24(33-2)25(16-20)34-3/h7-18H,1-6H3,(H,30,31)/b8-7?,14-11+. The van der Waals surface area contributed by atoms with Crippen molar-refractivity contribution in [3.63, 3.8) is 0 Å². The maximum atomic E-state index is 12.7. The Hall–Kier alpha value is -4.59. The number of anilines is 1. The second-order valence-corrected chi connectivity index (χ2v) is 7.69. The van der Waals surface area contributed by atoms with Gasteiger partial charge in [-0.05, 0) is 59.2 Å². The second-order valence-electron chi connectivity index (χ2n) is 7.69. The largest absolute Gasteiger partial charge is 0.495 e. The molecule has 0 fully saturated rings. The maximum absolute atomic E-state index is 12.7. The molecule has 0 bridgehead atoms. The number of hydrogen-bond acceptors (Lipinski definition) is 7. The molecule has 0 saturated heterocycles. The number of nitrogens with one attached hydrogen (secondary N) is 1. The Morgan fingerprint density at radius 3 is 1.65 bits per heavy atom. The van der Waals surface area contributed by atoms with Crippen molar-refractivity contribution in [2.24, 2.45) is 0 Å². The predicted octanol–water partition coefficient (Wildman–Crippen LogP) is 5.56. The van der Waals surface area contributed by atoms with Crippen LogP contribution in [0, 0.1) is 0 Å². The molecule has 0 radical (unpaired) electrons. The Morgan fingerprint density at radius 1 is 0.568 bits per heavy atom. The van der Waals surface area contributed by atoms with Crippen molar-refractivity contribution >= 4 is 29.8 Å². The van der Waals surface area contributed by atoms with Crippen molar-refractivity contribution in [3.8, 4) is 34.5 Å². The van der Waals surface area contributed by atoms with Crippen LogP contribution >= 0.6 is 0 Å². The van der Waals surface area contributed by atoms with E-state index < -0.39 is 0 Å². The van der Waals surface area contributed by atoms with Crippen molar-refractivity contribution in [2.75, 3.05) is 48.0 Å². The summed E-state index contributed by atoms with van der Waals surface area (Å²) < 4.78 is 32.2. The number of carbonyl (C=O) groups is 1. The Labute approximate surface area is 217 Å². The predicted molar refractivity (Wildman–Crippen MR) is 145 cm³/mol. The number of rotatable bonds is 11. The lowest BCUT2D eigenvalue weighted by Crippen LogP contribution is -2.09. The summed E-state index contributed by atoms with van der Waals surface area (Å²) in [7, 11) is 9.39. The fourth-order valence-corrected chi connectivity index (χ4v) is 3.62. The first-order valence-electron chi connectivity index (χ1n) is 11.3. The Balaban J connectivity index is 1.80. The van der Waals surface area contributed by atoms with Gasteiger partial charge >= 0.3 is 0 Å². The van der Waals surface area contributed by atoms with Crippen LogP contribution in [0.1, 0.15) is 16.7 Å². The molecule has 8 heteroatoms. The highest BCUT2D eigenvalue weighted by atomic mass is 16.5. The summed E-state index contributed by atoms with van der Waals surface area (Å²) in [5, 5.41) is 2.88. The molecule has 3 aromatic rings. The van der Waals surface area contributed by atoms with Crippen molar-refractivity contribution in [3.05, 3.63) is 71.3 Å². The highest BCUT2D eigenvalue weighted by Gasteiger charge is 2.12. The molecule has 0 aliphatic carbocycles. The summed E-state index contributed by atoms with van der Waals surface area (Å²) in [5.74, 6) is 3.08. The molecular weight excluding hydrogens is 474 g/mol. The fraction of sp³-hybridized carbons (Fsp3) is 0.207. The minimum Gasteiger partial charge on any atom is -0.495 e. The SMILES string of the molecule is COc1ccc(C=Cc2cc(OC)c(OC)c(OC)c2)cc1NC(=O)/C=C/c1ccc(OC)c(OC)c1. The molecule has 8 nitrogen and oxygen atoms in total. The van der Waals surface area contributed by atoms with Gasteiger partial charge in [-0.3, -0.25) is 4.79 Å². The van der Waals surface area contributed by atoms with E-state index >= 15 is 0 Å². The number of ether oxygens (including phenoxy) is 6. The molecule has 0 aliphatic rings. The van der Waals surface area contributed by atoms with Gasteiger partial charge in [0.05, 0.1) is 48.3 Å². The Morgan fingerprint density at radius 2 is 1.08 bits per heavy atom. The molecule has 0 unspecified atom stereocenters. The first-order valence-corrected chi connectivity index (χ1v) is 11.3. The lowest BCUT2D eigenvalue weighted by molar-refractivity contribution is -0.111. The van der Waals surface area contributed by atoms with Gasteiger partial charge in [-0.25, -0.2) is 0 Å². The number of hydrogen-bond donors (Lipinski definition) is 1. The van der Waals surface area contributed by atoms with E-state index in [4.69, 9.17) is 28.4 Å². The summed E-state index contributed by atoms with van der Waals surface area (Å²) in [5.41, 5.74) is 3.04. The lowest BCUT2D eigenvalue weighted by Gasteiger charge is -2.13. The average molecular weight is 506 g/mol. The van der Waals surface area contributed by atoms with E-state index in [0.717, 1.165) is 16.7 Å².